The number of hydrogen-bond acceptors (Lipinski definition) is 4. The van der Waals surface area contributed by atoms with Gasteiger partial charge in [0.1, 0.15) is 5.76 Å². The molecule has 0 aliphatic carbocycles. The summed E-state index contributed by atoms with van der Waals surface area (Å²) in [7, 11) is 0. The van der Waals surface area contributed by atoms with Crippen molar-refractivity contribution >= 4 is 23.3 Å². The first kappa shape index (κ1) is 15.9. The van der Waals surface area contributed by atoms with Crippen LogP contribution in [0.1, 0.15) is 41.1 Å². The second-order valence-corrected chi connectivity index (χ2v) is 6.24. The van der Waals surface area contributed by atoms with Gasteiger partial charge in [-0.05, 0) is 49.4 Å². The number of aromatic nitrogens is 1. The van der Waals surface area contributed by atoms with E-state index in [9.17, 15) is 4.79 Å². The molecular weight excluding hydrogens is 316 g/mol. The second kappa shape index (κ2) is 7.04. The highest BCUT2D eigenvalue weighted by atomic mass is 35.5. The van der Waals surface area contributed by atoms with Crippen molar-refractivity contribution < 1.29 is 14.4 Å². The van der Waals surface area contributed by atoms with Crippen LogP contribution in [0.3, 0.4) is 0 Å². The molecule has 5 nitrogen and oxygen atoms in total. The maximum atomic E-state index is 10.8. The molecule has 1 N–H and O–H groups in total. The number of aryl methyl sites for hydroxylation is 2. The highest BCUT2D eigenvalue weighted by Gasteiger charge is 2.16. The minimum Gasteiger partial charge on any atom is -0.476 e. The number of carboxylic acid groups (broad SMARTS) is 1. The number of nitrogens with zero attached hydrogens (tertiary/aromatic N) is 2. The Bertz CT molecular complexity index is 699. The van der Waals surface area contributed by atoms with E-state index in [1.54, 1.807) is 0 Å². The van der Waals surface area contributed by atoms with Crippen molar-refractivity contribution in [2.24, 2.45) is 0 Å². The summed E-state index contributed by atoms with van der Waals surface area (Å²) in [5.74, 6) is -0.420. The molecule has 0 fully saturated rings. The van der Waals surface area contributed by atoms with Crippen molar-refractivity contribution in [2.75, 3.05) is 18.0 Å². The van der Waals surface area contributed by atoms with Gasteiger partial charge in [-0.1, -0.05) is 16.8 Å². The molecule has 0 radical (unpaired) electrons. The first-order valence-corrected chi connectivity index (χ1v) is 8.23. The van der Waals surface area contributed by atoms with E-state index in [2.05, 4.69) is 22.2 Å². The summed E-state index contributed by atoms with van der Waals surface area (Å²) < 4.78 is 5.03. The normalized spacial score (nSPS) is 13.9. The summed E-state index contributed by atoms with van der Waals surface area (Å²) in [4.78, 5) is 13.2. The average molecular weight is 335 g/mol. The van der Waals surface area contributed by atoms with Crippen LogP contribution in [0.5, 0.6) is 0 Å². The Kier molecular flexibility index (Phi) is 4.86. The lowest BCUT2D eigenvalue weighted by atomic mass is 10.0. The Hall–Kier alpha value is -2.01. The minimum atomic E-state index is -1.05. The molecule has 23 heavy (non-hydrogen) atoms. The number of unbranched alkanes of at least 4 members (excludes halogenated alkanes) is 1. The van der Waals surface area contributed by atoms with Gasteiger partial charge in [-0.15, -0.1) is 0 Å². The van der Waals surface area contributed by atoms with Crippen LogP contribution in [0, 0.1) is 0 Å². The number of rotatable bonds is 6. The number of carboxylic acids is 1. The Morgan fingerprint density at radius 3 is 3.00 bits per heavy atom. The van der Waals surface area contributed by atoms with Gasteiger partial charge in [-0.3, -0.25) is 0 Å². The number of benzene rings is 1. The molecule has 6 heteroatoms. The maximum Gasteiger partial charge on any atom is 0.358 e. The molecule has 0 atom stereocenters. The lowest BCUT2D eigenvalue weighted by Crippen LogP contribution is -2.30. The zero-order chi connectivity index (χ0) is 16.2. The van der Waals surface area contributed by atoms with Crippen LogP contribution in [-0.2, 0) is 12.8 Å². The zero-order valence-electron chi connectivity index (χ0n) is 12.8. The first-order chi connectivity index (χ1) is 11.1. The summed E-state index contributed by atoms with van der Waals surface area (Å²) in [6, 6.07) is 7.61. The van der Waals surface area contributed by atoms with E-state index < -0.39 is 5.97 Å². The molecule has 0 unspecified atom stereocenters. The molecule has 0 spiro atoms. The van der Waals surface area contributed by atoms with Crippen LogP contribution in [0.4, 0.5) is 5.69 Å². The van der Waals surface area contributed by atoms with Gasteiger partial charge in [0.25, 0.3) is 0 Å². The smallest absolute Gasteiger partial charge is 0.358 e. The number of halogens is 1. The molecule has 1 aliphatic heterocycles. The van der Waals surface area contributed by atoms with Crippen molar-refractivity contribution in [3.05, 3.63) is 46.3 Å². The minimum absolute atomic E-state index is 0.0261. The average Bonchev–Trinajstić information content (AvgIpc) is 3.00. The fraction of sp³-hybridized carbons (Fsp3) is 0.412. The van der Waals surface area contributed by atoms with Gasteiger partial charge in [0.05, 0.1) is 0 Å². The van der Waals surface area contributed by atoms with E-state index in [0.717, 1.165) is 43.8 Å². The standard InChI is InChI=1S/C17H19ClN2O3/c18-13-6-7-16-12(10-13)4-3-9-20(16)8-2-1-5-14-11-15(17(21)22)19-23-14/h6-7,10-11H,1-5,8-9H2,(H,21,22). The van der Waals surface area contributed by atoms with Crippen LogP contribution in [-0.4, -0.2) is 29.3 Å². The van der Waals surface area contributed by atoms with Crippen molar-refractivity contribution in [3.8, 4) is 0 Å². The number of carbonyl (C=O) groups is 1. The monoisotopic (exact) mass is 334 g/mol. The molecule has 2 heterocycles. The molecule has 3 rings (SSSR count). The lowest BCUT2D eigenvalue weighted by molar-refractivity contribution is 0.0685. The van der Waals surface area contributed by atoms with Gasteiger partial charge < -0.3 is 14.5 Å². The van der Waals surface area contributed by atoms with Gasteiger partial charge in [0.2, 0.25) is 0 Å². The zero-order valence-corrected chi connectivity index (χ0v) is 13.6. The molecule has 0 saturated heterocycles. The van der Waals surface area contributed by atoms with Gasteiger partial charge in [-0.25, -0.2) is 4.79 Å². The van der Waals surface area contributed by atoms with Gasteiger partial charge in [0, 0.05) is 36.3 Å². The van der Waals surface area contributed by atoms with E-state index in [-0.39, 0.29) is 5.69 Å². The summed E-state index contributed by atoms with van der Waals surface area (Å²) >= 11 is 6.07. The van der Waals surface area contributed by atoms with Crippen LogP contribution in [0.2, 0.25) is 5.02 Å². The van der Waals surface area contributed by atoms with Crippen LogP contribution < -0.4 is 4.90 Å². The molecule has 0 bridgehead atoms. The number of aromatic carboxylic acids is 1. The third-order valence-electron chi connectivity index (χ3n) is 4.14. The van der Waals surface area contributed by atoms with Gasteiger partial charge >= 0.3 is 5.97 Å². The summed E-state index contributed by atoms with van der Waals surface area (Å²) in [6.07, 6.45) is 4.90. The van der Waals surface area contributed by atoms with Gasteiger partial charge in [0.15, 0.2) is 5.69 Å². The predicted molar refractivity (Wildman–Crippen MR) is 88.4 cm³/mol. The summed E-state index contributed by atoms with van der Waals surface area (Å²) in [6.45, 7) is 2.05. The highest BCUT2D eigenvalue weighted by Crippen LogP contribution is 2.29. The topological polar surface area (TPSA) is 66.6 Å². The fourth-order valence-corrected chi connectivity index (χ4v) is 3.20. The largest absolute Gasteiger partial charge is 0.476 e. The summed E-state index contributed by atoms with van der Waals surface area (Å²) in [5, 5.41) is 13.1. The number of fused-ring (bicyclic) bond motifs is 1. The van der Waals surface area contributed by atoms with Crippen LogP contribution >= 0.6 is 11.6 Å². The first-order valence-electron chi connectivity index (χ1n) is 7.86. The third-order valence-corrected chi connectivity index (χ3v) is 4.37. The predicted octanol–water partition coefficient (Wildman–Crippen LogP) is 3.80. The highest BCUT2D eigenvalue weighted by molar-refractivity contribution is 6.30. The molecule has 122 valence electrons. The molecule has 1 aromatic heterocycles. The Balaban J connectivity index is 1.50. The van der Waals surface area contributed by atoms with Crippen molar-refractivity contribution in [3.63, 3.8) is 0 Å². The maximum absolute atomic E-state index is 10.8. The SMILES string of the molecule is O=C(O)c1cc(CCCCN2CCCc3cc(Cl)ccc32)on1. The van der Waals surface area contributed by atoms with E-state index in [1.165, 1.54) is 17.3 Å². The molecule has 1 aromatic carbocycles. The number of anilines is 1. The van der Waals surface area contributed by atoms with E-state index in [1.807, 2.05) is 6.07 Å². The van der Waals surface area contributed by atoms with E-state index in [0.29, 0.717) is 12.2 Å². The van der Waals surface area contributed by atoms with Gasteiger partial charge in [-0.2, -0.15) is 0 Å². The molecular formula is C17H19ClN2O3. The van der Waals surface area contributed by atoms with Crippen LogP contribution in [0.15, 0.2) is 28.8 Å². The molecule has 1 aliphatic rings. The Morgan fingerprint density at radius 2 is 2.22 bits per heavy atom. The third kappa shape index (κ3) is 3.85. The Labute approximate surface area is 139 Å². The van der Waals surface area contributed by atoms with E-state index in [4.69, 9.17) is 21.2 Å². The van der Waals surface area contributed by atoms with Crippen molar-refractivity contribution in [1.29, 1.82) is 0 Å². The number of hydrogen-bond donors (Lipinski definition) is 1. The van der Waals surface area contributed by atoms with Crippen molar-refractivity contribution in [1.82, 2.24) is 5.16 Å². The molecule has 2 aromatic rings. The second-order valence-electron chi connectivity index (χ2n) is 5.80. The van der Waals surface area contributed by atoms with Crippen molar-refractivity contribution in [2.45, 2.75) is 32.1 Å². The quantitative estimate of drug-likeness (QED) is 0.814. The lowest BCUT2D eigenvalue weighted by Gasteiger charge is -2.31. The molecule has 0 amide bonds. The molecule has 0 saturated carbocycles. The van der Waals surface area contributed by atoms with Crippen LogP contribution in [0.25, 0.3) is 0 Å². The fourth-order valence-electron chi connectivity index (χ4n) is 3.01. The summed E-state index contributed by atoms with van der Waals surface area (Å²) in [5.41, 5.74) is 2.58. The van der Waals surface area contributed by atoms with E-state index >= 15 is 0 Å². The Morgan fingerprint density at radius 1 is 1.35 bits per heavy atom.